The third-order valence-electron chi connectivity index (χ3n) is 6.05. The fraction of sp³-hybridized carbons (Fsp3) is 0.393. The van der Waals surface area contributed by atoms with Crippen molar-refractivity contribution in [2.24, 2.45) is 0 Å². The lowest BCUT2D eigenvalue weighted by molar-refractivity contribution is 0.371. The van der Waals surface area contributed by atoms with E-state index in [1.165, 1.54) is 0 Å². The van der Waals surface area contributed by atoms with E-state index in [4.69, 9.17) is 4.74 Å². The summed E-state index contributed by atoms with van der Waals surface area (Å²) >= 11 is 0. The highest BCUT2D eigenvalue weighted by Gasteiger charge is 2.28. The molecular weight excluding hydrogens is 458 g/mol. The number of nitrogens with one attached hydrogen (secondary N) is 1. The number of unbranched alkanes of at least 4 members (excludes halogenated alkanes) is 3. The largest absolute Gasteiger partial charge is 0.496 e. The van der Waals surface area contributed by atoms with Gasteiger partial charge in [-0.2, -0.15) is 4.31 Å². The molecule has 2 aromatic carbocycles. The molecule has 0 saturated carbocycles. The highest BCUT2D eigenvalue weighted by molar-refractivity contribution is 7.89. The van der Waals surface area contributed by atoms with Crippen LogP contribution in [0.2, 0.25) is 0 Å². The molecule has 0 radical (unpaired) electrons. The van der Waals surface area contributed by atoms with Crippen LogP contribution in [0.1, 0.15) is 47.9 Å². The van der Waals surface area contributed by atoms with E-state index in [-0.39, 0.29) is 6.54 Å². The van der Waals surface area contributed by atoms with Gasteiger partial charge in [0, 0.05) is 31.4 Å². The molecule has 35 heavy (non-hydrogen) atoms. The maximum absolute atomic E-state index is 13.9. The van der Waals surface area contributed by atoms with Gasteiger partial charge in [0.05, 0.1) is 12.0 Å². The van der Waals surface area contributed by atoms with Gasteiger partial charge in [-0.1, -0.05) is 54.8 Å². The quantitative estimate of drug-likeness (QED) is 0.300. The number of anilines is 1. The van der Waals surface area contributed by atoms with Crippen molar-refractivity contribution in [1.82, 2.24) is 9.29 Å². The summed E-state index contributed by atoms with van der Waals surface area (Å²) in [5, 5.41) is 3.32. The topological polar surface area (TPSA) is 71.5 Å². The molecule has 0 aliphatic rings. The molecule has 7 heteroatoms. The van der Waals surface area contributed by atoms with E-state index in [1.807, 2.05) is 75.4 Å². The zero-order chi connectivity index (χ0) is 25.3. The molecule has 0 aliphatic heterocycles. The van der Waals surface area contributed by atoms with Crippen molar-refractivity contribution < 1.29 is 13.2 Å². The Bertz CT molecular complexity index is 1170. The van der Waals surface area contributed by atoms with Crippen molar-refractivity contribution in [2.75, 3.05) is 25.5 Å². The van der Waals surface area contributed by atoms with Crippen LogP contribution in [-0.2, 0) is 16.6 Å². The smallest absolute Gasteiger partial charge is 0.243 e. The molecule has 188 valence electrons. The Hall–Kier alpha value is -2.90. The van der Waals surface area contributed by atoms with Crippen LogP contribution >= 0.6 is 0 Å². The zero-order valence-corrected chi connectivity index (χ0v) is 22.1. The molecule has 1 N–H and O–H groups in total. The van der Waals surface area contributed by atoms with Gasteiger partial charge in [-0.25, -0.2) is 13.4 Å². The van der Waals surface area contributed by atoms with Crippen LogP contribution in [0, 0.1) is 20.8 Å². The average Bonchev–Trinajstić information content (AvgIpc) is 2.82. The van der Waals surface area contributed by atoms with E-state index in [0.29, 0.717) is 17.2 Å². The van der Waals surface area contributed by atoms with E-state index in [1.54, 1.807) is 17.6 Å². The lowest BCUT2D eigenvalue weighted by atomic mass is 10.1. The second-order valence-corrected chi connectivity index (χ2v) is 10.8. The first-order valence-corrected chi connectivity index (χ1v) is 13.6. The standard InChI is InChI=1S/C28H37N3O3S/c1-22-19-23(2)28(24(3)20-22)35(32,33)31(21-25-13-7-8-14-26(25)34-4)18-12-6-5-10-16-29-27-15-9-11-17-30-27/h7-9,11,13-15,17,19-20H,5-6,10,12,16,18,21H2,1-4H3,(H,29,30). The number of hydrogen-bond donors (Lipinski definition) is 1. The summed E-state index contributed by atoms with van der Waals surface area (Å²) < 4.78 is 34.9. The molecule has 3 rings (SSSR count). The molecule has 3 aromatic rings. The minimum absolute atomic E-state index is 0.278. The third kappa shape index (κ3) is 7.29. The SMILES string of the molecule is COc1ccccc1CN(CCCCCCNc1ccccn1)S(=O)(=O)c1c(C)cc(C)cc1C. The first kappa shape index (κ1) is 26.7. The van der Waals surface area contributed by atoms with Gasteiger partial charge in [0.2, 0.25) is 10.0 Å². The number of ether oxygens (including phenoxy) is 1. The van der Waals surface area contributed by atoms with Gasteiger partial charge >= 0.3 is 0 Å². The molecule has 0 amide bonds. The van der Waals surface area contributed by atoms with Crippen LogP contribution in [0.15, 0.2) is 65.7 Å². The van der Waals surface area contributed by atoms with Crippen molar-refractivity contribution in [3.63, 3.8) is 0 Å². The van der Waals surface area contributed by atoms with Crippen molar-refractivity contribution in [1.29, 1.82) is 0 Å². The second-order valence-electron chi connectivity index (χ2n) is 8.93. The van der Waals surface area contributed by atoms with Gasteiger partial charge in [0.25, 0.3) is 0 Å². The Morgan fingerprint density at radius 1 is 0.914 bits per heavy atom. The van der Waals surface area contributed by atoms with Crippen LogP contribution in [0.5, 0.6) is 5.75 Å². The molecule has 0 saturated heterocycles. The third-order valence-corrected chi connectivity index (χ3v) is 8.20. The van der Waals surface area contributed by atoms with Crippen LogP contribution in [0.3, 0.4) is 0 Å². The Balaban J connectivity index is 1.69. The van der Waals surface area contributed by atoms with Gasteiger partial charge < -0.3 is 10.1 Å². The summed E-state index contributed by atoms with van der Waals surface area (Å²) in [5.41, 5.74) is 3.50. The summed E-state index contributed by atoms with van der Waals surface area (Å²) in [7, 11) is -2.06. The van der Waals surface area contributed by atoms with Crippen molar-refractivity contribution in [3.05, 3.63) is 83.0 Å². The number of sulfonamides is 1. The van der Waals surface area contributed by atoms with Gasteiger partial charge in [-0.3, -0.25) is 0 Å². The van der Waals surface area contributed by atoms with Crippen molar-refractivity contribution in [2.45, 2.75) is 57.9 Å². The van der Waals surface area contributed by atoms with Crippen LogP contribution in [0.4, 0.5) is 5.82 Å². The van der Waals surface area contributed by atoms with Gasteiger partial charge in [-0.15, -0.1) is 0 Å². The lowest BCUT2D eigenvalue weighted by Crippen LogP contribution is -2.33. The molecular formula is C28H37N3O3S. The maximum atomic E-state index is 13.9. The molecule has 0 spiro atoms. The Kier molecular flexibility index (Phi) is 9.69. The summed E-state index contributed by atoms with van der Waals surface area (Å²) in [6.07, 6.45) is 5.54. The summed E-state index contributed by atoms with van der Waals surface area (Å²) in [5.74, 6) is 1.58. The van der Waals surface area contributed by atoms with Gasteiger partial charge in [0.1, 0.15) is 11.6 Å². The van der Waals surface area contributed by atoms with Crippen molar-refractivity contribution >= 4 is 15.8 Å². The summed E-state index contributed by atoms with van der Waals surface area (Å²) in [6, 6.07) is 17.3. The molecule has 0 aliphatic carbocycles. The summed E-state index contributed by atoms with van der Waals surface area (Å²) in [4.78, 5) is 4.68. The predicted molar refractivity (Wildman–Crippen MR) is 142 cm³/mol. The molecule has 6 nitrogen and oxygen atoms in total. The number of methoxy groups -OCH3 is 1. The van der Waals surface area contributed by atoms with E-state index < -0.39 is 10.0 Å². The minimum Gasteiger partial charge on any atom is -0.496 e. The highest BCUT2D eigenvalue weighted by atomic mass is 32.2. The van der Waals surface area contributed by atoms with E-state index in [2.05, 4.69) is 10.3 Å². The van der Waals surface area contributed by atoms with E-state index >= 15 is 0 Å². The molecule has 0 unspecified atom stereocenters. The zero-order valence-electron chi connectivity index (χ0n) is 21.3. The Morgan fingerprint density at radius 2 is 1.60 bits per heavy atom. The fourth-order valence-electron chi connectivity index (χ4n) is 4.46. The maximum Gasteiger partial charge on any atom is 0.243 e. The Labute approximate surface area is 210 Å². The van der Waals surface area contributed by atoms with Crippen LogP contribution in [-0.4, -0.2) is 37.9 Å². The minimum atomic E-state index is -3.68. The number of aryl methyl sites for hydroxylation is 3. The molecule has 1 aromatic heterocycles. The monoisotopic (exact) mass is 495 g/mol. The van der Waals surface area contributed by atoms with Gasteiger partial charge in [0.15, 0.2) is 0 Å². The molecule has 0 fully saturated rings. The van der Waals surface area contributed by atoms with Gasteiger partial charge in [-0.05, 0) is 62.9 Å². The fourth-order valence-corrected chi connectivity index (χ4v) is 6.33. The molecule has 0 bridgehead atoms. The second kappa shape index (κ2) is 12.7. The molecule has 0 atom stereocenters. The first-order valence-electron chi connectivity index (χ1n) is 12.2. The highest BCUT2D eigenvalue weighted by Crippen LogP contribution is 2.29. The molecule has 1 heterocycles. The van der Waals surface area contributed by atoms with E-state index in [9.17, 15) is 8.42 Å². The number of nitrogens with zero attached hydrogens (tertiary/aromatic N) is 2. The average molecular weight is 496 g/mol. The van der Waals surface area contributed by atoms with Crippen LogP contribution < -0.4 is 10.1 Å². The first-order chi connectivity index (χ1) is 16.8. The Morgan fingerprint density at radius 3 is 2.29 bits per heavy atom. The number of benzene rings is 2. The predicted octanol–water partition coefficient (Wildman–Crippen LogP) is 5.88. The van der Waals surface area contributed by atoms with Crippen molar-refractivity contribution in [3.8, 4) is 5.75 Å². The number of rotatable bonds is 13. The number of pyridine rings is 1. The number of para-hydroxylation sites is 1. The summed E-state index contributed by atoms with van der Waals surface area (Å²) in [6.45, 7) is 7.33. The van der Waals surface area contributed by atoms with E-state index in [0.717, 1.165) is 60.3 Å². The van der Waals surface area contributed by atoms with Crippen LogP contribution in [0.25, 0.3) is 0 Å². The normalized spacial score (nSPS) is 11.6. The lowest BCUT2D eigenvalue weighted by Gasteiger charge is -2.25. The number of hydrogen-bond acceptors (Lipinski definition) is 5. The number of aromatic nitrogens is 1.